The lowest BCUT2D eigenvalue weighted by molar-refractivity contribution is -0.137. The number of esters is 1. The minimum Gasteiger partial charge on any atom is -0.495 e. The second-order valence-electron chi connectivity index (χ2n) is 6.29. The van der Waals surface area contributed by atoms with Crippen LogP contribution in [0.2, 0.25) is 0 Å². The summed E-state index contributed by atoms with van der Waals surface area (Å²) in [6.45, 7) is 3.67. The van der Waals surface area contributed by atoms with Crippen molar-refractivity contribution in [2.24, 2.45) is 4.40 Å². The number of amidine groups is 1. The third kappa shape index (κ3) is 4.30. The Kier molecular flexibility index (Phi) is 6.41. The Labute approximate surface area is 175 Å². The molecule has 2 aromatic carbocycles. The summed E-state index contributed by atoms with van der Waals surface area (Å²) in [4.78, 5) is 12.7. The summed E-state index contributed by atoms with van der Waals surface area (Å²) in [5.74, 6) is -0.629. The zero-order valence-corrected chi connectivity index (χ0v) is 17.7. The van der Waals surface area contributed by atoms with Gasteiger partial charge in [0.15, 0.2) is 5.84 Å². The molecule has 30 heavy (non-hydrogen) atoms. The molecule has 0 amide bonds. The van der Waals surface area contributed by atoms with Gasteiger partial charge in [-0.3, -0.25) is 0 Å². The molecule has 0 saturated carbocycles. The van der Waals surface area contributed by atoms with Gasteiger partial charge in [-0.15, -0.1) is 4.40 Å². The van der Waals surface area contributed by atoms with Gasteiger partial charge in [-0.2, -0.15) is 8.42 Å². The van der Waals surface area contributed by atoms with E-state index in [9.17, 15) is 13.2 Å². The molecule has 0 bridgehead atoms. The maximum atomic E-state index is 13.1. The van der Waals surface area contributed by atoms with Crippen LogP contribution in [0.4, 0.5) is 11.4 Å². The molecule has 0 spiro atoms. The SMILES string of the molecule is CCOC(=O)C1=C(CC)Nc2ccccc2NC1=NS(=O)(=O)c1ccccc1OC. The van der Waals surface area contributed by atoms with E-state index >= 15 is 0 Å². The molecule has 1 aliphatic heterocycles. The van der Waals surface area contributed by atoms with Crippen molar-refractivity contribution < 1.29 is 22.7 Å². The van der Waals surface area contributed by atoms with E-state index in [1.54, 1.807) is 31.2 Å². The van der Waals surface area contributed by atoms with Crippen molar-refractivity contribution in [1.82, 2.24) is 0 Å². The number of allylic oxidation sites excluding steroid dienone is 1. The number of rotatable bonds is 6. The first-order chi connectivity index (χ1) is 14.4. The molecule has 8 nitrogen and oxygen atoms in total. The van der Waals surface area contributed by atoms with E-state index in [2.05, 4.69) is 15.0 Å². The highest BCUT2D eigenvalue weighted by Crippen LogP contribution is 2.31. The Morgan fingerprint density at radius 2 is 1.63 bits per heavy atom. The number of carbonyl (C=O) groups is 1. The largest absolute Gasteiger partial charge is 0.495 e. The number of para-hydroxylation sites is 3. The third-order valence-corrected chi connectivity index (χ3v) is 5.71. The van der Waals surface area contributed by atoms with Crippen molar-refractivity contribution in [2.75, 3.05) is 24.4 Å². The molecule has 1 heterocycles. The number of anilines is 2. The van der Waals surface area contributed by atoms with Crippen LogP contribution in [0, 0.1) is 0 Å². The van der Waals surface area contributed by atoms with Crippen LogP contribution in [0.3, 0.4) is 0 Å². The number of fused-ring (bicyclic) bond motifs is 1. The van der Waals surface area contributed by atoms with Gasteiger partial charge in [-0.1, -0.05) is 31.2 Å². The van der Waals surface area contributed by atoms with Crippen LogP contribution < -0.4 is 15.4 Å². The van der Waals surface area contributed by atoms with Crippen molar-refractivity contribution >= 4 is 33.2 Å². The van der Waals surface area contributed by atoms with Crippen molar-refractivity contribution in [3.8, 4) is 5.75 Å². The zero-order valence-electron chi connectivity index (χ0n) is 16.9. The topological polar surface area (TPSA) is 106 Å². The highest BCUT2D eigenvalue weighted by atomic mass is 32.2. The Bertz CT molecular complexity index is 1120. The molecule has 0 saturated heterocycles. The number of carbonyl (C=O) groups excluding carboxylic acids is 1. The number of ether oxygens (including phenoxy) is 2. The van der Waals surface area contributed by atoms with Gasteiger partial charge < -0.3 is 20.1 Å². The lowest BCUT2D eigenvalue weighted by atomic mass is 10.1. The predicted molar refractivity (Wildman–Crippen MR) is 115 cm³/mol. The van der Waals surface area contributed by atoms with E-state index in [-0.39, 0.29) is 28.7 Å². The predicted octanol–water partition coefficient (Wildman–Crippen LogP) is 3.55. The van der Waals surface area contributed by atoms with Gasteiger partial charge in [0.25, 0.3) is 10.0 Å². The van der Waals surface area contributed by atoms with E-state index < -0.39 is 16.0 Å². The van der Waals surface area contributed by atoms with Gasteiger partial charge in [0.2, 0.25) is 0 Å². The van der Waals surface area contributed by atoms with Crippen LogP contribution in [-0.4, -0.2) is 33.9 Å². The lowest BCUT2D eigenvalue weighted by Crippen LogP contribution is -2.25. The van der Waals surface area contributed by atoms with Gasteiger partial charge >= 0.3 is 5.97 Å². The number of nitrogens with one attached hydrogen (secondary N) is 2. The van der Waals surface area contributed by atoms with E-state index in [0.717, 1.165) is 0 Å². The average Bonchev–Trinajstić information content (AvgIpc) is 2.89. The molecule has 2 aromatic rings. The number of sulfonamides is 1. The molecule has 0 atom stereocenters. The maximum absolute atomic E-state index is 13.1. The van der Waals surface area contributed by atoms with Gasteiger partial charge in [0, 0.05) is 5.70 Å². The van der Waals surface area contributed by atoms with Crippen LogP contribution in [0.5, 0.6) is 5.75 Å². The van der Waals surface area contributed by atoms with Gasteiger partial charge in [-0.05, 0) is 37.6 Å². The minimum atomic E-state index is -4.20. The number of hydrogen-bond acceptors (Lipinski definition) is 6. The second-order valence-corrected chi connectivity index (χ2v) is 7.86. The molecule has 0 radical (unpaired) electrons. The Hall–Kier alpha value is -3.33. The van der Waals surface area contributed by atoms with E-state index in [0.29, 0.717) is 23.5 Å². The van der Waals surface area contributed by atoms with Crippen molar-refractivity contribution in [3.63, 3.8) is 0 Å². The zero-order chi connectivity index (χ0) is 21.7. The standard InChI is InChI=1S/C21H23N3O5S/c1-4-14-19(21(25)29-5-2)20(23-16-11-7-6-10-15(16)22-14)24-30(26,27)18-13-9-8-12-17(18)28-3/h6-13,22H,4-5H2,1-3H3,(H,23,24). The van der Waals surface area contributed by atoms with Crippen LogP contribution in [0.25, 0.3) is 0 Å². The summed E-state index contributed by atoms with van der Waals surface area (Å²) in [6.07, 6.45) is 0.428. The highest BCUT2D eigenvalue weighted by Gasteiger charge is 2.29. The van der Waals surface area contributed by atoms with Gasteiger partial charge in [0.05, 0.1) is 25.1 Å². The van der Waals surface area contributed by atoms with Crippen LogP contribution in [0.1, 0.15) is 20.3 Å². The Balaban J connectivity index is 2.23. The first kappa shape index (κ1) is 21.4. The summed E-state index contributed by atoms with van der Waals surface area (Å²) in [6, 6.07) is 13.4. The fourth-order valence-electron chi connectivity index (χ4n) is 3.02. The molecular formula is C21H23N3O5S. The van der Waals surface area contributed by atoms with Crippen LogP contribution in [-0.2, 0) is 19.6 Å². The Morgan fingerprint density at radius 3 is 2.27 bits per heavy atom. The van der Waals surface area contributed by atoms with Gasteiger partial charge in [0.1, 0.15) is 16.2 Å². The normalized spacial score (nSPS) is 15.0. The first-order valence-electron chi connectivity index (χ1n) is 9.43. The van der Waals surface area contributed by atoms with Crippen molar-refractivity contribution in [2.45, 2.75) is 25.2 Å². The van der Waals surface area contributed by atoms with E-state index in [1.807, 2.05) is 19.1 Å². The molecule has 158 valence electrons. The molecule has 0 unspecified atom stereocenters. The summed E-state index contributed by atoms with van der Waals surface area (Å²) in [5, 5.41) is 6.18. The minimum absolute atomic E-state index is 0.0361. The van der Waals surface area contributed by atoms with Crippen molar-refractivity contribution in [1.29, 1.82) is 0 Å². The summed E-state index contributed by atoms with van der Waals surface area (Å²) >= 11 is 0. The van der Waals surface area contributed by atoms with Crippen LogP contribution >= 0.6 is 0 Å². The maximum Gasteiger partial charge on any atom is 0.343 e. The smallest absolute Gasteiger partial charge is 0.343 e. The molecule has 9 heteroatoms. The molecule has 0 fully saturated rings. The Morgan fingerprint density at radius 1 is 1.00 bits per heavy atom. The van der Waals surface area contributed by atoms with Gasteiger partial charge in [-0.25, -0.2) is 4.79 Å². The molecular weight excluding hydrogens is 406 g/mol. The fraction of sp³-hybridized carbons (Fsp3) is 0.238. The highest BCUT2D eigenvalue weighted by molar-refractivity contribution is 7.90. The number of methoxy groups -OCH3 is 1. The fourth-order valence-corrected chi connectivity index (χ4v) is 4.15. The van der Waals surface area contributed by atoms with Crippen LogP contribution in [0.15, 0.2) is 69.1 Å². The number of hydrogen-bond donors (Lipinski definition) is 2. The molecule has 2 N–H and O–H groups in total. The number of benzene rings is 2. The van der Waals surface area contributed by atoms with Crippen molar-refractivity contribution in [3.05, 3.63) is 59.8 Å². The van der Waals surface area contributed by atoms with E-state index in [1.165, 1.54) is 19.2 Å². The summed E-state index contributed by atoms with van der Waals surface area (Å²) in [5.41, 5.74) is 1.81. The summed E-state index contributed by atoms with van der Waals surface area (Å²) in [7, 11) is -2.82. The monoisotopic (exact) mass is 429 g/mol. The molecule has 1 aliphatic rings. The second kappa shape index (κ2) is 9.00. The average molecular weight is 429 g/mol. The lowest BCUT2D eigenvalue weighted by Gasteiger charge is -2.13. The first-order valence-corrected chi connectivity index (χ1v) is 10.9. The quantitative estimate of drug-likeness (QED) is 0.677. The number of nitrogens with zero attached hydrogens (tertiary/aromatic N) is 1. The molecule has 0 aromatic heterocycles. The molecule has 0 aliphatic carbocycles. The third-order valence-electron chi connectivity index (χ3n) is 4.40. The summed E-state index contributed by atoms with van der Waals surface area (Å²) < 4.78 is 40.6. The van der Waals surface area contributed by atoms with E-state index in [4.69, 9.17) is 9.47 Å². The molecule has 3 rings (SSSR count).